The smallest absolute Gasteiger partial charge is 0.122 e. The standard InChI is InChI=1S/C16H23BrN2O/c1-20-15-10-13(17)9-14(11-15)19-8-4-7-18-16(12-19)5-2-3-6-16/h9-11,18H,2-8,12H2,1H3. The fourth-order valence-corrected chi connectivity index (χ4v) is 4.04. The van der Waals surface area contributed by atoms with Crippen LogP contribution in [0.5, 0.6) is 5.75 Å². The number of nitrogens with zero attached hydrogens (tertiary/aromatic N) is 1. The lowest BCUT2D eigenvalue weighted by molar-refractivity contribution is 0.354. The maximum atomic E-state index is 5.40. The fourth-order valence-electron chi connectivity index (χ4n) is 3.58. The fraction of sp³-hybridized carbons (Fsp3) is 0.625. The summed E-state index contributed by atoms with van der Waals surface area (Å²) in [6.07, 6.45) is 6.56. The van der Waals surface area contributed by atoms with Crippen LogP contribution < -0.4 is 15.0 Å². The molecular formula is C16H23BrN2O. The Hall–Kier alpha value is -0.740. The second-order valence-electron chi connectivity index (χ2n) is 6.04. The molecule has 1 spiro atoms. The van der Waals surface area contributed by atoms with Gasteiger partial charge in [0.15, 0.2) is 0 Å². The highest BCUT2D eigenvalue weighted by molar-refractivity contribution is 9.10. The van der Waals surface area contributed by atoms with Gasteiger partial charge in [0, 0.05) is 34.9 Å². The summed E-state index contributed by atoms with van der Waals surface area (Å²) in [5.41, 5.74) is 1.61. The van der Waals surface area contributed by atoms with Gasteiger partial charge in [-0.2, -0.15) is 0 Å². The van der Waals surface area contributed by atoms with E-state index in [9.17, 15) is 0 Å². The normalized spacial score (nSPS) is 22.0. The first-order chi connectivity index (χ1) is 9.71. The summed E-state index contributed by atoms with van der Waals surface area (Å²) in [4.78, 5) is 2.53. The van der Waals surface area contributed by atoms with Crippen molar-refractivity contribution in [1.29, 1.82) is 0 Å². The molecule has 2 aliphatic rings. The molecule has 1 aromatic rings. The molecule has 0 atom stereocenters. The van der Waals surface area contributed by atoms with Crippen molar-refractivity contribution in [3.63, 3.8) is 0 Å². The molecule has 1 aromatic carbocycles. The van der Waals surface area contributed by atoms with Crippen molar-refractivity contribution < 1.29 is 4.74 Å². The van der Waals surface area contributed by atoms with Gasteiger partial charge in [-0.3, -0.25) is 0 Å². The molecule has 1 aliphatic carbocycles. The van der Waals surface area contributed by atoms with E-state index in [2.05, 4.69) is 38.3 Å². The summed E-state index contributed by atoms with van der Waals surface area (Å²) in [5.74, 6) is 0.923. The van der Waals surface area contributed by atoms with Crippen LogP contribution in [0.3, 0.4) is 0 Å². The van der Waals surface area contributed by atoms with Gasteiger partial charge < -0.3 is 15.0 Å². The summed E-state index contributed by atoms with van der Waals surface area (Å²) >= 11 is 3.59. The highest BCUT2D eigenvalue weighted by atomic mass is 79.9. The van der Waals surface area contributed by atoms with Crippen molar-refractivity contribution in [3.8, 4) is 5.75 Å². The van der Waals surface area contributed by atoms with Crippen LogP contribution in [0.15, 0.2) is 22.7 Å². The monoisotopic (exact) mass is 338 g/mol. The highest BCUT2D eigenvalue weighted by Crippen LogP contribution is 2.35. The quantitative estimate of drug-likeness (QED) is 0.892. The van der Waals surface area contributed by atoms with E-state index >= 15 is 0 Å². The van der Waals surface area contributed by atoms with E-state index in [0.29, 0.717) is 5.54 Å². The molecule has 0 unspecified atom stereocenters. The minimum absolute atomic E-state index is 0.339. The van der Waals surface area contributed by atoms with Crippen LogP contribution in [0.4, 0.5) is 5.69 Å². The molecule has 0 bridgehead atoms. The van der Waals surface area contributed by atoms with Crippen molar-refractivity contribution in [2.75, 3.05) is 31.6 Å². The molecule has 1 heterocycles. The van der Waals surface area contributed by atoms with Gasteiger partial charge in [-0.1, -0.05) is 28.8 Å². The van der Waals surface area contributed by atoms with Gasteiger partial charge in [-0.05, 0) is 37.9 Å². The maximum absolute atomic E-state index is 5.40. The Kier molecular flexibility index (Phi) is 4.22. The van der Waals surface area contributed by atoms with Crippen LogP contribution in [-0.2, 0) is 0 Å². The predicted octanol–water partition coefficient (Wildman–Crippen LogP) is 3.57. The Balaban J connectivity index is 1.86. The lowest BCUT2D eigenvalue weighted by Crippen LogP contribution is -2.49. The highest BCUT2D eigenvalue weighted by Gasteiger charge is 2.36. The van der Waals surface area contributed by atoms with Gasteiger partial charge >= 0.3 is 0 Å². The van der Waals surface area contributed by atoms with Crippen LogP contribution >= 0.6 is 15.9 Å². The van der Waals surface area contributed by atoms with E-state index in [-0.39, 0.29) is 0 Å². The number of methoxy groups -OCH3 is 1. The zero-order valence-electron chi connectivity index (χ0n) is 12.1. The molecule has 20 heavy (non-hydrogen) atoms. The summed E-state index contributed by atoms with van der Waals surface area (Å²) in [6.45, 7) is 3.38. The van der Waals surface area contributed by atoms with Crippen LogP contribution in [0.25, 0.3) is 0 Å². The third-order valence-corrected chi connectivity index (χ3v) is 5.07. The van der Waals surface area contributed by atoms with Gasteiger partial charge in [0.1, 0.15) is 5.75 Å². The van der Waals surface area contributed by atoms with Crippen LogP contribution in [0, 0.1) is 0 Å². The molecule has 110 valence electrons. The Morgan fingerprint density at radius 3 is 2.75 bits per heavy atom. The molecule has 1 N–H and O–H groups in total. The molecular weight excluding hydrogens is 316 g/mol. The number of hydrogen-bond donors (Lipinski definition) is 1. The number of hydrogen-bond acceptors (Lipinski definition) is 3. The number of rotatable bonds is 2. The summed E-state index contributed by atoms with van der Waals surface area (Å²) in [7, 11) is 1.73. The van der Waals surface area contributed by atoms with Gasteiger partial charge in [-0.15, -0.1) is 0 Å². The van der Waals surface area contributed by atoms with Gasteiger partial charge in [0.05, 0.1) is 7.11 Å². The third-order valence-electron chi connectivity index (χ3n) is 4.62. The molecule has 2 fully saturated rings. The van der Waals surface area contributed by atoms with E-state index in [1.807, 2.05) is 6.07 Å². The number of benzene rings is 1. The van der Waals surface area contributed by atoms with Crippen molar-refractivity contribution in [2.24, 2.45) is 0 Å². The number of nitrogens with one attached hydrogen (secondary N) is 1. The minimum Gasteiger partial charge on any atom is -0.497 e. The first-order valence-electron chi connectivity index (χ1n) is 7.55. The second kappa shape index (κ2) is 5.94. The maximum Gasteiger partial charge on any atom is 0.122 e. The molecule has 1 aliphatic heterocycles. The largest absolute Gasteiger partial charge is 0.497 e. The molecule has 0 aromatic heterocycles. The Morgan fingerprint density at radius 1 is 1.20 bits per heavy atom. The topological polar surface area (TPSA) is 24.5 Å². The molecule has 0 amide bonds. The van der Waals surface area contributed by atoms with E-state index in [0.717, 1.165) is 29.9 Å². The lowest BCUT2D eigenvalue weighted by atomic mass is 9.97. The predicted molar refractivity (Wildman–Crippen MR) is 86.7 cm³/mol. The van der Waals surface area contributed by atoms with Crippen molar-refractivity contribution in [1.82, 2.24) is 5.32 Å². The first kappa shape index (κ1) is 14.2. The van der Waals surface area contributed by atoms with Crippen molar-refractivity contribution >= 4 is 21.6 Å². The summed E-state index contributed by atoms with van der Waals surface area (Å²) < 4.78 is 6.49. The zero-order valence-corrected chi connectivity index (χ0v) is 13.7. The molecule has 1 saturated carbocycles. The summed E-state index contributed by atoms with van der Waals surface area (Å²) in [5, 5.41) is 3.82. The van der Waals surface area contributed by atoms with Gasteiger partial charge in [0.2, 0.25) is 0 Å². The number of halogens is 1. The Labute approximate surface area is 129 Å². The van der Waals surface area contributed by atoms with E-state index in [1.165, 1.54) is 37.8 Å². The van der Waals surface area contributed by atoms with Crippen molar-refractivity contribution in [2.45, 2.75) is 37.6 Å². The van der Waals surface area contributed by atoms with Gasteiger partial charge in [0.25, 0.3) is 0 Å². The van der Waals surface area contributed by atoms with Crippen molar-refractivity contribution in [3.05, 3.63) is 22.7 Å². The minimum atomic E-state index is 0.339. The van der Waals surface area contributed by atoms with Gasteiger partial charge in [-0.25, -0.2) is 0 Å². The Morgan fingerprint density at radius 2 is 2.00 bits per heavy atom. The molecule has 0 radical (unpaired) electrons. The SMILES string of the molecule is COc1cc(Br)cc(N2CCCNC3(CCCC3)C2)c1. The van der Waals surface area contributed by atoms with E-state index in [1.54, 1.807) is 7.11 Å². The Bertz CT molecular complexity index is 472. The van der Waals surface area contributed by atoms with E-state index < -0.39 is 0 Å². The van der Waals surface area contributed by atoms with Crippen LogP contribution in [0.2, 0.25) is 0 Å². The molecule has 4 heteroatoms. The molecule has 3 nitrogen and oxygen atoms in total. The average Bonchev–Trinajstić information content (AvgIpc) is 2.78. The second-order valence-corrected chi connectivity index (χ2v) is 6.95. The molecule has 1 saturated heterocycles. The molecule has 3 rings (SSSR count). The van der Waals surface area contributed by atoms with E-state index in [4.69, 9.17) is 4.74 Å². The van der Waals surface area contributed by atoms with Crippen LogP contribution in [-0.4, -0.2) is 32.3 Å². The number of ether oxygens (including phenoxy) is 1. The number of anilines is 1. The lowest BCUT2D eigenvalue weighted by Gasteiger charge is -2.34. The average molecular weight is 339 g/mol. The summed E-state index contributed by atoms with van der Waals surface area (Å²) in [6, 6.07) is 6.38. The third kappa shape index (κ3) is 2.96. The zero-order chi connectivity index (χ0) is 14.0. The van der Waals surface area contributed by atoms with Crippen LogP contribution in [0.1, 0.15) is 32.1 Å². The first-order valence-corrected chi connectivity index (χ1v) is 8.35.